The number of nitrogens with two attached hydrogens (primary N) is 1. The molecule has 0 radical (unpaired) electrons. The molecule has 0 spiro atoms. The van der Waals surface area contributed by atoms with Gasteiger partial charge in [-0.25, -0.2) is 34.7 Å². The predicted molar refractivity (Wildman–Crippen MR) is 350 cm³/mol. The SMILES string of the molecule is COC(=O)c1ccc2c(c1)[nH]c1ncnc(NCCCN3CCCCC3)c12.Cn1nnc(-c2ccc3c(c2)Cc2nc(Cc4ccccc4)nc(NC4CCC(N)CC4)c2-3)n1.Cn1nnc(-c2ccc3c(c2)[nH]c2ncnc(NCCCN4CCCCC4)c23)n1. The van der Waals surface area contributed by atoms with Crippen LogP contribution < -0.4 is 21.7 Å². The van der Waals surface area contributed by atoms with Crippen molar-refractivity contribution in [3.05, 3.63) is 126 Å². The molecule has 0 atom stereocenters. The lowest BCUT2D eigenvalue weighted by Gasteiger charge is -2.28. The average molecular weight is 1210 g/mol. The van der Waals surface area contributed by atoms with Crippen molar-refractivity contribution in [2.75, 3.05) is 75.4 Å². The molecule has 1 saturated carbocycles. The number of aromatic amines is 2. The summed E-state index contributed by atoms with van der Waals surface area (Å²) in [6.07, 6.45) is 19.1. The minimum atomic E-state index is -0.349. The summed E-state index contributed by atoms with van der Waals surface area (Å²) in [4.78, 5) is 54.3. The Labute approximate surface area is 521 Å². The van der Waals surface area contributed by atoms with Crippen LogP contribution in [0, 0.1) is 0 Å². The van der Waals surface area contributed by atoms with Gasteiger partial charge in [-0.15, -0.1) is 20.4 Å². The Morgan fingerprint density at radius 1 is 0.644 bits per heavy atom. The highest BCUT2D eigenvalue weighted by Gasteiger charge is 2.29. The maximum Gasteiger partial charge on any atom is 0.337 e. The molecule has 15 rings (SSSR count). The number of hydrogen-bond donors (Lipinski definition) is 6. The van der Waals surface area contributed by atoms with Crippen molar-refractivity contribution in [2.24, 2.45) is 19.8 Å². The van der Waals surface area contributed by atoms with E-state index in [4.69, 9.17) is 20.4 Å². The van der Waals surface area contributed by atoms with E-state index < -0.39 is 0 Å². The standard InChI is InChI=1S/C26H28N8.C20H25N9.C20H25N5O2/c1-34-32-25(31-33-34)17-7-12-21-18(14-17)15-22-24(21)26(28-20-10-8-19(27)9-11-20)30-23(29-22)13-16-5-3-2-4-6-16;1-28-26-18(25-27-28)14-6-7-15-16(12-14)24-20-17(15)19(22-13-23-20)21-8-5-11-29-9-3-2-4-10-29;1-27-20(26)14-6-7-15-16(12-14)24-19-17(15)18(22-13-23-19)21-8-5-11-25-9-3-2-4-10-25/h2-7,12,14,19-20H,8-11,13,15,27H2,1H3,(H,28,29,30);6-7,12-13H,2-5,8-11H2,1H3,(H2,21,22,23,24);6-7,12-13H,2-5,8-11H2,1H3,(H2,21,22,23,24). The normalized spacial score (nSPS) is 16.7. The van der Waals surface area contributed by atoms with Crippen molar-refractivity contribution >= 4 is 67.3 Å². The van der Waals surface area contributed by atoms with E-state index in [0.717, 1.165) is 161 Å². The van der Waals surface area contributed by atoms with Crippen molar-refractivity contribution in [1.82, 2.24) is 90.1 Å². The number of benzene rings is 4. The van der Waals surface area contributed by atoms with Crippen LogP contribution in [-0.2, 0) is 31.7 Å². The smallest absolute Gasteiger partial charge is 0.337 e. The number of rotatable bonds is 17. The Morgan fingerprint density at radius 3 is 1.81 bits per heavy atom. The molecule has 0 amide bonds. The van der Waals surface area contributed by atoms with Crippen LogP contribution in [0.15, 0.2) is 97.6 Å². The minimum absolute atomic E-state index is 0.316. The number of H-pyrrole nitrogens is 2. The molecule has 3 fully saturated rings. The lowest BCUT2D eigenvalue weighted by Crippen LogP contribution is -2.33. The highest BCUT2D eigenvalue weighted by Crippen LogP contribution is 2.42. The van der Waals surface area contributed by atoms with Crippen LogP contribution in [-0.4, -0.2) is 168 Å². The number of nitrogens with one attached hydrogen (secondary N) is 5. The monoisotopic (exact) mass is 1210 g/mol. The zero-order chi connectivity index (χ0) is 61.3. The van der Waals surface area contributed by atoms with Crippen LogP contribution in [0.25, 0.3) is 77.8 Å². The van der Waals surface area contributed by atoms with E-state index in [-0.39, 0.29) is 5.97 Å². The van der Waals surface area contributed by atoms with E-state index in [1.807, 2.05) is 24.3 Å². The molecule has 0 unspecified atom stereocenters. The Bertz CT molecular complexity index is 4250. The summed E-state index contributed by atoms with van der Waals surface area (Å²) >= 11 is 0. The number of anilines is 3. The fourth-order valence-corrected chi connectivity index (χ4v) is 13.0. The first-order valence-corrected chi connectivity index (χ1v) is 31.8. The van der Waals surface area contributed by atoms with Crippen molar-refractivity contribution in [1.29, 1.82) is 0 Å². The van der Waals surface area contributed by atoms with Crippen LogP contribution in [0.5, 0.6) is 0 Å². The Morgan fingerprint density at radius 2 is 1.22 bits per heavy atom. The Kier molecular flexibility index (Phi) is 18.2. The first kappa shape index (κ1) is 59.6. The number of tetrazole rings is 2. The van der Waals surface area contributed by atoms with Crippen LogP contribution >= 0.6 is 0 Å². The molecule has 4 aliphatic rings. The number of esters is 1. The van der Waals surface area contributed by atoms with Crippen LogP contribution in [0.3, 0.4) is 0 Å². The van der Waals surface area contributed by atoms with Gasteiger partial charge in [0.1, 0.15) is 47.2 Å². The Hall–Kier alpha value is -9.39. The molecule has 7 N–H and O–H groups in total. The van der Waals surface area contributed by atoms with Crippen molar-refractivity contribution in [3.8, 4) is 33.9 Å². The quantitative estimate of drug-likeness (QED) is 0.0365. The van der Waals surface area contributed by atoms with Crippen molar-refractivity contribution < 1.29 is 9.53 Å². The molecule has 24 heteroatoms. The second-order valence-corrected chi connectivity index (χ2v) is 24.0. The van der Waals surface area contributed by atoms with Crippen molar-refractivity contribution in [3.63, 3.8) is 0 Å². The second kappa shape index (κ2) is 27.6. The number of piperidine rings is 2. The number of carbonyl (C=O) groups is 1. The number of hydrogen-bond acceptors (Lipinski definition) is 20. The molecule has 2 aliphatic carbocycles. The topological polar surface area (TPSA) is 291 Å². The van der Waals surface area contributed by atoms with Crippen molar-refractivity contribution in [2.45, 2.75) is 102 Å². The zero-order valence-corrected chi connectivity index (χ0v) is 51.5. The van der Waals surface area contributed by atoms with Crippen LogP contribution in [0.4, 0.5) is 17.5 Å². The molecule has 464 valence electrons. The summed E-state index contributed by atoms with van der Waals surface area (Å²) < 4.78 is 4.80. The number of carbonyl (C=O) groups excluding carboxylic acids is 1. The third-order valence-electron chi connectivity index (χ3n) is 17.6. The van der Waals surface area contributed by atoms with Gasteiger partial charge >= 0.3 is 5.97 Å². The fourth-order valence-electron chi connectivity index (χ4n) is 13.0. The summed E-state index contributed by atoms with van der Waals surface area (Å²) in [5.74, 6) is 4.40. The van der Waals surface area contributed by atoms with Gasteiger partial charge in [0.25, 0.3) is 0 Å². The maximum absolute atomic E-state index is 11.8. The molecule has 2 saturated heterocycles. The first-order chi connectivity index (χ1) is 44.2. The average Bonchev–Trinajstić information content (AvgIpc) is 1.68. The van der Waals surface area contributed by atoms with E-state index in [9.17, 15) is 4.79 Å². The predicted octanol–water partition coefficient (Wildman–Crippen LogP) is 9.29. The summed E-state index contributed by atoms with van der Waals surface area (Å²) in [6.45, 7) is 8.96. The van der Waals surface area contributed by atoms with E-state index in [1.54, 1.807) is 38.9 Å². The van der Waals surface area contributed by atoms with E-state index in [0.29, 0.717) is 35.7 Å². The summed E-state index contributed by atoms with van der Waals surface area (Å²) in [5.41, 5.74) is 17.8. The zero-order valence-electron chi connectivity index (χ0n) is 51.5. The van der Waals surface area contributed by atoms with Gasteiger partial charge in [0, 0.05) is 76.5 Å². The molecular weight excluding hydrogens is 1130 g/mol. The highest BCUT2D eigenvalue weighted by atomic mass is 16.5. The summed E-state index contributed by atoms with van der Waals surface area (Å²) in [6, 6.07) is 29.1. The van der Waals surface area contributed by atoms with Crippen LogP contribution in [0.1, 0.15) is 110 Å². The molecular formula is C66H78N22O2. The second-order valence-electron chi connectivity index (χ2n) is 24.0. The molecule has 9 heterocycles. The third-order valence-corrected chi connectivity index (χ3v) is 17.6. The van der Waals surface area contributed by atoms with Gasteiger partial charge in [0.15, 0.2) is 0 Å². The van der Waals surface area contributed by atoms with Gasteiger partial charge in [-0.05, 0) is 155 Å². The number of ether oxygens (including phenoxy) is 1. The molecule has 24 nitrogen and oxygen atoms in total. The lowest BCUT2D eigenvalue weighted by molar-refractivity contribution is 0.0601. The third kappa shape index (κ3) is 13.7. The number of likely N-dealkylation sites (tertiary alicyclic amines) is 2. The van der Waals surface area contributed by atoms with Gasteiger partial charge in [-0.3, -0.25) is 0 Å². The lowest BCUT2D eigenvalue weighted by atomic mass is 9.91. The summed E-state index contributed by atoms with van der Waals surface area (Å²) in [7, 11) is 4.92. The van der Waals surface area contributed by atoms with E-state index in [2.05, 4.69) is 135 Å². The van der Waals surface area contributed by atoms with Gasteiger partial charge in [0.05, 0.1) is 43.2 Å². The largest absolute Gasteiger partial charge is 0.465 e. The molecule has 2 aliphatic heterocycles. The molecule has 4 aromatic carbocycles. The van der Waals surface area contributed by atoms with Gasteiger partial charge in [0.2, 0.25) is 11.6 Å². The molecule has 90 heavy (non-hydrogen) atoms. The minimum Gasteiger partial charge on any atom is -0.465 e. The number of nitrogens with zero attached hydrogens (tertiary/aromatic N) is 16. The fraction of sp³-hybridized carbons (Fsp3) is 0.409. The maximum atomic E-state index is 11.8. The molecule has 7 aromatic heterocycles. The van der Waals surface area contributed by atoms with E-state index in [1.165, 1.54) is 98.1 Å². The number of aryl methyl sites for hydroxylation is 2. The number of aromatic nitrogens is 16. The van der Waals surface area contributed by atoms with Gasteiger partial charge in [-0.1, -0.05) is 73.5 Å². The highest BCUT2D eigenvalue weighted by molar-refractivity contribution is 6.13. The number of methoxy groups -OCH3 is 1. The molecule has 0 bridgehead atoms. The van der Waals surface area contributed by atoms with Crippen LogP contribution in [0.2, 0.25) is 0 Å². The summed E-state index contributed by atoms with van der Waals surface area (Å²) in [5, 5.41) is 39.6. The van der Waals surface area contributed by atoms with E-state index >= 15 is 0 Å². The first-order valence-electron chi connectivity index (χ1n) is 31.8. The van der Waals surface area contributed by atoms with Gasteiger partial charge in [-0.2, -0.15) is 9.59 Å². The van der Waals surface area contributed by atoms with Gasteiger partial charge < -0.3 is 46.2 Å². The number of fused-ring (bicyclic) bond motifs is 9. The Balaban J connectivity index is 0.000000125. The molecule has 11 aromatic rings.